The minimum Gasteiger partial charge on any atom is -0.103 e. The Balaban J connectivity index is 2.07. The van der Waals surface area contributed by atoms with Gasteiger partial charge in [-0.15, -0.1) is 6.58 Å². The van der Waals surface area contributed by atoms with E-state index in [4.69, 9.17) is 0 Å². The smallest absolute Gasteiger partial charge is 0.0486 e. The predicted molar refractivity (Wildman–Crippen MR) is 113 cm³/mol. The van der Waals surface area contributed by atoms with Gasteiger partial charge >= 0.3 is 0 Å². The minimum absolute atomic E-state index is 0.301. The summed E-state index contributed by atoms with van der Waals surface area (Å²) < 4.78 is 0. The first kappa shape index (κ1) is 17.6. The van der Waals surface area contributed by atoms with E-state index in [9.17, 15) is 0 Å². The van der Waals surface area contributed by atoms with Crippen LogP contribution in [0, 0.1) is 5.92 Å². The molecular weight excluding hydrogens is 323 g/mol. The van der Waals surface area contributed by atoms with Crippen LogP contribution in [0.2, 0.25) is 25.2 Å². The van der Waals surface area contributed by atoms with Crippen LogP contribution in [0.1, 0.15) is 12.8 Å². The molecule has 0 nitrogen and oxygen atoms in total. The Labute approximate surface area is 149 Å². The van der Waals surface area contributed by atoms with E-state index < -0.39 is 8.07 Å². The van der Waals surface area contributed by atoms with Crippen LogP contribution in [-0.4, -0.2) is 13.7 Å². The lowest BCUT2D eigenvalue weighted by molar-refractivity contribution is 0.669. The Hall–Kier alpha value is -1.17. The van der Waals surface area contributed by atoms with Crippen molar-refractivity contribution in [1.82, 2.24) is 0 Å². The van der Waals surface area contributed by atoms with E-state index in [2.05, 4.69) is 93.0 Å². The normalized spacial score (nSPS) is 24.2. The maximum absolute atomic E-state index is 4.18. The summed E-state index contributed by atoms with van der Waals surface area (Å²) in [6.07, 6.45) is 4.93. The fraction of sp³-hybridized carbons (Fsp3) is 0.364. The van der Waals surface area contributed by atoms with E-state index in [-0.39, 0.29) is 7.92 Å². The van der Waals surface area contributed by atoms with Crippen LogP contribution in [0.5, 0.6) is 0 Å². The monoisotopic (exact) mass is 352 g/mol. The average molecular weight is 353 g/mol. The summed E-state index contributed by atoms with van der Waals surface area (Å²) in [5.74, 6) is 0.707. The van der Waals surface area contributed by atoms with Gasteiger partial charge in [0.25, 0.3) is 0 Å². The molecule has 1 saturated carbocycles. The zero-order valence-electron chi connectivity index (χ0n) is 15.2. The highest BCUT2D eigenvalue weighted by atomic mass is 31.1. The molecule has 0 spiro atoms. The largest absolute Gasteiger partial charge is 0.103 e. The van der Waals surface area contributed by atoms with E-state index in [1.165, 1.54) is 23.5 Å². The molecule has 0 aliphatic heterocycles. The fourth-order valence-corrected chi connectivity index (χ4v) is 12.2. The van der Waals surface area contributed by atoms with E-state index in [0.29, 0.717) is 5.92 Å². The van der Waals surface area contributed by atoms with Crippen molar-refractivity contribution in [3.63, 3.8) is 0 Å². The van der Waals surface area contributed by atoms with Crippen molar-refractivity contribution < 1.29 is 0 Å². The van der Waals surface area contributed by atoms with Crippen molar-refractivity contribution >= 4 is 26.6 Å². The van der Waals surface area contributed by atoms with Gasteiger partial charge in [-0.05, 0) is 48.5 Å². The lowest BCUT2D eigenvalue weighted by Gasteiger charge is -2.38. The lowest BCUT2D eigenvalue weighted by Crippen LogP contribution is -2.38. The molecule has 126 valence electrons. The van der Waals surface area contributed by atoms with Gasteiger partial charge in [0, 0.05) is 8.07 Å². The van der Waals surface area contributed by atoms with Crippen molar-refractivity contribution in [3.8, 4) is 0 Å². The zero-order valence-corrected chi connectivity index (χ0v) is 17.0. The molecule has 1 fully saturated rings. The van der Waals surface area contributed by atoms with Crippen LogP contribution >= 0.6 is 7.92 Å². The number of hydrogen-bond donors (Lipinski definition) is 0. The van der Waals surface area contributed by atoms with Gasteiger partial charge in [0.15, 0.2) is 0 Å². The molecule has 24 heavy (non-hydrogen) atoms. The third kappa shape index (κ3) is 3.58. The summed E-state index contributed by atoms with van der Waals surface area (Å²) in [7, 11) is -1.56. The number of hydrogen-bond acceptors (Lipinski definition) is 0. The van der Waals surface area contributed by atoms with Crippen LogP contribution in [0.25, 0.3) is 0 Å². The molecule has 0 radical (unpaired) electrons. The van der Waals surface area contributed by atoms with Crippen LogP contribution in [0.4, 0.5) is 0 Å². The fourth-order valence-electron chi connectivity index (χ4n) is 4.49. The molecule has 0 saturated heterocycles. The quantitative estimate of drug-likeness (QED) is 0.363. The molecule has 2 heteroatoms. The number of allylic oxidation sites excluding steroid dienone is 1. The summed E-state index contributed by atoms with van der Waals surface area (Å²) >= 11 is 0. The van der Waals surface area contributed by atoms with E-state index in [1.54, 1.807) is 0 Å². The van der Waals surface area contributed by atoms with Gasteiger partial charge < -0.3 is 0 Å². The maximum atomic E-state index is 4.18. The molecule has 0 heterocycles. The Bertz CT molecular complexity index is 620. The molecule has 0 N–H and O–H groups in total. The maximum Gasteiger partial charge on any atom is 0.0486 e. The molecule has 1 aliphatic carbocycles. The molecule has 1 aliphatic rings. The highest BCUT2D eigenvalue weighted by Gasteiger charge is 2.46. The van der Waals surface area contributed by atoms with Gasteiger partial charge in [-0.3, -0.25) is 0 Å². The highest BCUT2D eigenvalue weighted by Crippen LogP contribution is 2.58. The van der Waals surface area contributed by atoms with Crippen molar-refractivity contribution in [2.75, 3.05) is 0 Å². The topological polar surface area (TPSA) is 0 Å². The standard InChI is InChI=1S/C22H29PSi/c1-5-18-16-17-21(22(18)24(2,3)4)23(19-12-8-6-9-13-19)20-14-10-7-11-15-20/h5-15,18,21-22H,1,16-17H2,2-4H3. The molecule has 2 aromatic carbocycles. The van der Waals surface area contributed by atoms with Crippen molar-refractivity contribution in [2.45, 2.75) is 43.7 Å². The lowest BCUT2D eigenvalue weighted by atomic mass is 10.1. The molecule has 0 amide bonds. The molecule has 3 unspecified atom stereocenters. The Morgan fingerprint density at radius 1 is 0.875 bits per heavy atom. The van der Waals surface area contributed by atoms with Crippen LogP contribution in [-0.2, 0) is 0 Å². The van der Waals surface area contributed by atoms with E-state index in [0.717, 1.165) is 11.2 Å². The third-order valence-electron chi connectivity index (χ3n) is 5.37. The van der Waals surface area contributed by atoms with Crippen LogP contribution < -0.4 is 10.6 Å². The van der Waals surface area contributed by atoms with Gasteiger partial charge in [0.05, 0.1) is 0 Å². The van der Waals surface area contributed by atoms with Gasteiger partial charge in [-0.25, -0.2) is 0 Å². The van der Waals surface area contributed by atoms with Crippen LogP contribution in [0.15, 0.2) is 73.3 Å². The van der Waals surface area contributed by atoms with Crippen molar-refractivity contribution in [1.29, 1.82) is 0 Å². The predicted octanol–water partition coefficient (Wildman–Crippen LogP) is 5.79. The number of rotatable bonds is 5. The molecule has 3 atom stereocenters. The van der Waals surface area contributed by atoms with Gasteiger partial charge in [-0.2, -0.15) is 0 Å². The third-order valence-corrected chi connectivity index (χ3v) is 11.4. The van der Waals surface area contributed by atoms with Gasteiger partial charge in [-0.1, -0.05) is 86.4 Å². The van der Waals surface area contributed by atoms with Crippen molar-refractivity contribution in [3.05, 3.63) is 73.3 Å². The first-order valence-electron chi connectivity index (χ1n) is 9.04. The second kappa shape index (κ2) is 7.38. The SMILES string of the molecule is C=CC1CCC(P(c2ccccc2)c2ccccc2)C1[Si](C)(C)C. The molecule has 3 rings (SSSR count). The van der Waals surface area contributed by atoms with Gasteiger partial charge in [0.1, 0.15) is 0 Å². The molecule has 0 bridgehead atoms. The highest BCUT2D eigenvalue weighted by molar-refractivity contribution is 7.73. The second-order valence-corrected chi connectivity index (χ2v) is 15.8. The van der Waals surface area contributed by atoms with E-state index >= 15 is 0 Å². The summed E-state index contributed by atoms with van der Waals surface area (Å²) in [4.78, 5) is 0. The number of benzene rings is 2. The summed E-state index contributed by atoms with van der Waals surface area (Å²) in [6, 6.07) is 22.5. The molecule has 2 aromatic rings. The Morgan fingerprint density at radius 2 is 1.38 bits per heavy atom. The van der Waals surface area contributed by atoms with Crippen molar-refractivity contribution in [2.24, 2.45) is 5.92 Å². The molecule has 0 aromatic heterocycles. The molecular formula is C22H29PSi. The average Bonchev–Trinajstić information content (AvgIpc) is 3.01. The first-order chi connectivity index (χ1) is 11.5. The Kier molecular flexibility index (Phi) is 5.42. The zero-order chi connectivity index (χ0) is 17.2. The van der Waals surface area contributed by atoms with Crippen LogP contribution in [0.3, 0.4) is 0 Å². The summed E-state index contributed by atoms with van der Waals surface area (Å²) in [5, 5.41) is 3.08. The second-order valence-electron chi connectivity index (χ2n) is 7.98. The van der Waals surface area contributed by atoms with Gasteiger partial charge in [0.2, 0.25) is 0 Å². The minimum atomic E-state index is -1.25. The summed E-state index contributed by atoms with van der Waals surface area (Å²) in [6.45, 7) is 11.8. The summed E-state index contributed by atoms with van der Waals surface area (Å²) in [5.41, 5.74) is 1.63. The Morgan fingerprint density at radius 3 is 1.79 bits per heavy atom. The van der Waals surface area contributed by atoms with E-state index in [1.807, 2.05) is 0 Å². The first-order valence-corrected chi connectivity index (χ1v) is 14.0.